The molecule has 2 aromatic rings. The molecule has 34 heavy (non-hydrogen) atoms. The molecule has 1 aromatic heterocycles. The number of piperidine rings is 1. The lowest BCUT2D eigenvalue weighted by molar-refractivity contribution is -0.137. The van der Waals surface area contributed by atoms with Gasteiger partial charge in [-0.2, -0.15) is 13.2 Å². The average Bonchev–Trinajstić information content (AvgIpc) is 3.72. The zero-order valence-electron chi connectivity index (χ0n) is 17.6. The van der Waals surface area contributed by atoms with E-state index in [1.54, 1.807) is 0 Å². The van der Waals surface area contributed by atoms with Gasteiger partial charge in [0.2, 0.25) is 5.91 Å². The summed E-state index contributed by atoms with van der Waals surface area (Å²) < 4.78 is 67.8. The molecule has 1 aromatic carbocycles. The van der Waals surface area contributed by atoms with E-state index in [4.69, 9.17) is 11.6 Å². The highest BCUT2D eigenvalue weighted by Crippen LogP contribution is 2.49. The summed E-state index contributed by atoms with van der Waals surface area (Å²) in [5.74, 6) is -2.84. The van der Waals surface area contributed by atoms with Crippen LogP contribution in [0.5, 0.6) is 0 Å². The maximum atomic E-state index is 14.6. The molecule has 5 rings (SSSR count). The minimum atomic E-state index is -4.66. The molecule has 2 amide bonds. The van der Waals surface area contributed by atoms with Crippen LogP contribution in [0.15, 0.2) is 30.6 Å². The van der Waals surface area contributed by atoms with Gasteiger partial charge in [-0.05, 0) is 55.7 Å². The number of benzene rings is 1. The van der Waals surface area contributed by atoms with E-state index in [9.17, 15) is 31.5 Å². The topological polar surface area (TPSA) is 62.3 Å². The third-order valence-electron chi connectivity index (χ3n) is 6.72. The first-order valence-corrected chi connectivity index (χ1v) is 11.2. The highest BCUT2D eigenvalue weighted by atomic mass is 35.5. The fraction of sp³-hybridized carbons (Fsp3) is 0.435. The lowest BCUT2D eigenvalue weighted by Gasteiger charge is -2.29. The molecular formula is C23H19ClF5N3O2. The molecular weight excluding hydrogens is 481 g/mol. The zero-order chi connectivity index (χ0) is 24.4. The van der Waals surface area contributed by atoms with Crippen LogP contribution in [0, 0.1) is 23.5 Å². The number of nitrogens with one attached hydrogen (secondary N) is 1. The summed E-state index contributed by atoms with van der Waals surface area (Å²) in [5.41, 5.74) is -1.34. The van der Waals surface area contributed by atoms with Crippen LogP contribution in [0.3, 0.4) is 0 Å². The van der Waals surface area contributed by atoms with E-state index in [-0.39, 0.29) is 34.0 Å². The van der Waals surface area contributed by atoms with Crippen LogP contribution < -0.4 is 5.32 Å². The van der Waals surface area contributed by atoms with Crippen LogP contribution in [0.2, 0.25) is 5.02 Å². The first-order valence-electron chi connectivity index (χ1n) is 10.8. The van der Waals surface area contributed by atoms with Crippen LogP contribution in [-0.2, 0) is 11.0 Å². The van der Waals surface area contributed by atoms with Crippen molar-refractivity contribution < 1.29 is 31.5 Å². The number of likely N-dealkylation sites (tertiary alicyclic amines) is 1. The lowest BCUT2D eigenvalue weighted by atomic mass is 10.00. The Bertz CT molecular complexity index is 1170. The van der Waals surface area contributed by atoms with E-state index in [1.807, 2.05) is 0 Å². The average molecular weight is 500 g/mol. The van der Waals surface area contributed by atoms with Gasteiger partial charge in [0.15, 0.2) is 0 Å². The number of rotatable bonds is 5. The van der Waals surface area contributed by atoms with Gasteiger partial charge in [0.05, 0.1) is 22.2 Å². The van der Waals surface area contributed by atoms with E-state index in [0.29, 0.717) is 31.9 Å². The molecule has 1 aliphatic heterocycles. The number of nitrogens with zero attached hydrogens (tertiary/aromatic N) is 2. The Morgan fingerprint density at radius 2 is 1.82 bits per heavy atom. The fourth-order valence-corrected chi connectivity index (χ4v) is 4.90. The molecule has 5 nitrogen and oxygen atoms in total. The zero-order valence-corrected chi connectivity index (χ0v) is 18.3. The molecule has 11 heteroatoms. The van der Waals surface area contributed by atoms with Gasteiger partial charge >= 0.3 is 6.18 Å². The molecule has 180 valence electrons. The Morgan fingerprint density at radius 3 is 2.50 bits per heavy atom. The maximum absolute atomic E-state index is 14.6. The van der Waals surface area contributed by atoms with E-state index in [2.05, 4.69) is 10.3 Å². The third-order valence-corrected chi connectivity index (χ3v) is 7.01. The van der Waals surface area contributed by atoms with Gasteiger partial charge in [-0.1, -0.05) is 11.6 Å². The number of carbonyl (C=O) groups is 2. The summed E-state index contributed by atoms with van der Waals surface area (Å²) in [4.78, 5) is 31.2. The van der Waals surface area contributed by atoms with Gasteiger partial charge in [-0.25, -0.2) is 8.78 Å². The first kappa shape index (κ1) is 23.0. The van der Waals surface area contributed by atoms with Crippen LogP contribution in [0.25, 0.3) is 0 Å². The second-order valence-corrected chi connectivity index (χ2v) is 9.51. The van der Waals surface area contributed by atoms with E-state index in [0.717, 1.165) is 24.4 Å². The molecule has 1 saturated heterocycles. The van der Waals surface area contributed by atoms with Crippen molar-refractivity contribution in [2.24, 2.45) is 11.8 Å². The lowest BCUT2D eigenvalue weighted by Crippen LogP contribution is -2.49. The summed E-state index contributed by atoms with van der Waals surface area (Å²) in [6, 6.07) is 0.565. The molecule has 0 spiro atoms. The second-order valence-electron chi connectivity index (χ2n) is 9.10. The molecule has 0 bridgehead atoms. The maximum Gasteiger partial charge on any atom is 0.417 e. The Kier molecular flexibility index (Phi) is 5.54. The molecule has 2 heterocycles. The molecule has 3 aliphatic rings. The highest BCUT2D eigenvalue weighted by Gasteiger charge is 2.56. The number of hydrogen-bond donors (Lipinski definition) is 1. The number of fused-ring (bicyclic) bond motifs is 1. The first-order chi connectivity index (χ1) is 16.0. The van der Waals surface area contributed by atoms with Crippen LogP contribution in [-0.4, -0.2) is 33.8 Å². The van der Waals surface area contributed by atoms with Gasteiger partial charge in [0.25, 0.3) is 5.91 Å². The molecule has 4 atom stereocenters. The SMILES string of the molecule is O=C(N[C@@H](c1cc(F)c(Cl)cc1F)C1CC1)[C@H]1C[C@H]2C[C@H]2N1C(=O)c1cncc(C(F)(F)F)c1. The number of aromatic nitrogens is 1. The molecule has 2 aliphatic carbocycles. The Hall–Kier alpha value is -2.75. The monoisotopic (exact) mass is 499 g/mol. The highest BCUT2D eigenvalue weighted by molar-refractivity contribution is 6.30. The van der Waals surface area contributed by atoms with Crippen molar-refractivity contribution in [1.29, 1.82) is 0 Å². The number of halogens is 6. The summed E-state index contributed by atoms with van der Waals surface area (Å²) in [6.07, 6.45) is -0.560. The summed E-state index contributed by atoms with van der Waals surface area (Å²) in [5, 5.41) is 2.39. The van der Waals surface area contributed by atoms with Crippen molar-refractivity contribution in [1.82, 2.24) is 15.2 Å². The normalized spacial score (nSPS) is 24.5. The molecule has 1 N–H and O–H groups in total. The quantitative estimate of drug-likeness (QED) is 0.470. The summed E-state index contributed by atoms with van der Waals surface area (Å²) >= 11 is 5.65. The van der Waals surface area contributed by atoms with Crippen molar-refractivity contribution in [2.45, 2.75) is 50.0 Å². The predicted molar refractivity (Wildman–Crippen MR) is 111 cm³/mol. The van der Waals surface area contributed by atoms with Crippen molar-refractivity contribution in [3.05, 3.63) is 63.9 Å². The predicted octanol–water partition coefficient (Wildman–Crippen LogP) is 4.90. The minimum Gasteiger partial charge on any atom is -0.347 e. The number of carbonyl (C=O) groups excluding carboxylic acids is 2. The minimum absolute atomic E-state index is 0.0270. The smallest absolute Gasteiger partial charge is 0.347 e. The van der Waals surface area contributed by atoms with Crippen molar-refractivity contribution in [3.8, 4) is 0 Å². The third kappa shape index (κ3) is 4.23. The van der Waals surface area contributed by atoms with Crippen molar-refractivity contribution >= 4 is 23.4 Å². The van der Waals surface area contributed by atoms with E-state index in [1.165, 1.54) is 4.90 Å². The van der Waals surface area contributed by atoms with Gasteiger partial charge in [-0.15, -0.1) is 0 Å². The van der Waals surface area contributed by atoms with Gasteiger partial charge in [-0.3, -0.25) is 14.6 Å². The van der Waals surface area contributed by atoms with Crippen molar-refractivity contribution in [3.63, 3.8) is 0 Å². The van der Waals surface area contributed by atoms with Crippen LogP contribution in [0.4, 0.5) is 22.0 Å². The standard InChI is InChI=1S/C23H19ClF5N3O2/c24-15-7-16(25)14(6-17(15)26)20(10-1-2-10)31-21(33)19-5-11-4-18(11)32(19)22(34)12-3-13(9-30-8-12)23(27,28)29/h3,6-11,18-20H,1-2,4-5H2,(H,31,33)/t11-,18-,19-,20-/m1/s1. The summed E-state index contributed by atoms with van der Waals surface area (Å²) in [7, 11) is 0. The Balaban J connectivity index is 1.38. The molecule has 0 radical (unpaired) electrons. The molecule has 2 saturated carbocycles. The van der Waals surface area contributed by atoms with Gasteiger partial charge in [0.1, 0.15) is 17.7 Å². The number of alkyl halides is 3. The second kappa shape index (κ2) is 8.18. The van der Waals surface area contributed by atoms with Crippen LogP contribution >= 0.6 is 11.6 Å². The summed E-state index contributed by atoms with van der Waals surface area (Å²) in [6.45, 7) is 0. The van der Waals surface area contributed by atoms with Gasteiger partial charge in [0, 0.05) is 24.0 Å². The molecule has 0 unspecified atom stereocenters. The fourth-order valence-electron chi connectivity index (χ4n) is 4.75. The van der Waals surface area contributed by atoms with Crippen LogP contribution in [0.1, 0.15) is 53.2 Å². The Labute approximate surface area is 196 Å². The number of hydrogen-bond acceptors (Lipinski definition) is 3. The van der Waals surface area contributed by atoms with E-state index >= 15 is 0 Å². The Morgan fingerprint density at radius 1 is 1.09 bits per heavy atom. The largest absolute Gasteiger partial charge is 0.417 e. The van der Waals surface area contributed by atoms with Crippen molar-refractivity contribution in [2.75, 3.05) is 0 Å². The number of amides is 2. The molecule has 3 fully saturated rings. The van der Waals surface area contributed by atoms with E-state index < -0.39 is 47.3 Å². The number of pyridine rings is 1. The van der Waals surface area contributed by atoms with Gasteiger partial charge < -0.3 is 10.2 Å².